The monoisotopic (exact) mass is 215 g/mol. The second-order valence-corrected chi connectivity index (χ2v) is 3.12. The summed E-state index contributed by atoms with van der Waals surface area (Å²) >= 11 is 0. The Balaban J connectivity index is 0.000000280. The Morgan fingerprint density at radius 3 is 1.94 bits per heavy atom. The Hall–Kier alpha value is -2.16. The summed E-state index contributed by atoms with van der Waals surface area (Å²) in [5.74, 6) is -0.833. The first-order valence-corrected chi connectivity index (χ1v) is 4.85. The lowest BCUT2D eigenvalue weighted by Gasteiger charge is -1.98. The molecule has 0 saturated carbocycles. The van der Waals surface area contributed by atoms with Crippen LogP contribution in [0.3, 0.4) is 0 Å². The van der Waals surface area contributed by atoms with E-state index in [1.54, 1.807) is 0 Å². The Kier molecular flexibility index (Phi) is 4.73. The van der Waals surface area contributed by atoms with Crippen LogP contribution in [0.25, 0.3) is 11.1 Å². The van der Waals surface area contributed by atoms with E-state index in [4.69, 9.17) is 9.90 Å². The van der Waals surface area contributed by atoms with Gasteiger partial charge in [-0.25, -0.2) is 0 Å². The molecule has 0 amide bonds. The average molecular weight is 215 g/mol. The van der Waals surface area contributed by atoms with Gasteiger partial charge in [-0.15, -0.1) is 0 Å². The minimum atomic E-state index is -0.833. The number of carboxylic acids is 1. The number of pyridine rings is 1. The second kappa shape index (κ2) is 6.35. The molecule has 0 bridgehead atoms. The summed E-state index contributed by atoms with van der Waals surface area (Å²) in [5, 5.41) is 7.42. The van der Waals surface area contributed by atoms with Crippen molar-refractivity contribution in [1.29, 1.82) is 0 Å². The maximum atomic E-state index is 9.00. The van der Waals surface area contributed by atoms with Gasteiger partial charge < -0.3 is 5.11 Å². The number of carbonyl (C=O) groups is 1. The summed E-state index contributed by atoms with van der Waals surface area (Å²) < 4.78 is 0. The first-order chi connectivity index (χ1) is 7.70. The van der Waals surface area contributed by atoms with E-state index in [0.717, 1.165) is 6.92 Å². The van der Waals surface area contributed by atoms with Crippen molar-refractivity contribution in [3.8, 4) is 11.1 Å². The third kappa shape index (κ3) is 4.37. The van der Waals surface area contributed by atoms with Gasteiger partial charge in [-0.1, -0.05) is 30.3 Å². The Labute approximate surface area is 94.4 Å². The fourth-order valence-corrected chi connectivity index (χ4v) is 1.17. The van der Waals surface area contributed by atoms with Crippen LogP contribution in [0.2, 0.25) is 0 Å². The van der Waals surface area contributed by atoms with Crippen molar-refractivity contribution in [2.45, 2.75) is 6.92 Å². The SMILES string of the molecule is CC(=O)O.c1ccc(-c2ccncc2)cc1. The molecule has 1 aromatic carbocycles. The third-order valence-electron chi connectivity index (χ3n) is 1.79. The summed E-state index contributed by atoms with van der Waals surface area (Å²) in [7, 11) is 0. The topological polar surface area (TPSA) is 50.2 Å². The molecule has 0 fully saturated rings. The number of rotatable bonds is 1. The van der Waals surface area contributed by atoms with Gasteiger partial charge in [0.2, 0.25) is 0 Å². The number of aromatic nitrogens is 1. The molecule has 82 valence electrons. The molecule has 2 rings (SSSR count). The van der Waals surface area contributed by atoms with Crippen LogP contribution in [0.4, 0.5) is 0 Å². The van der Waals surface area contributed by atoms with E-state index in [9.17, 15) is 0 Å². The first-order valence-electron chi connectivity index (χ1n) is 4.85. The molecule has 0 spiro atoms. The normalized spacial score (nSPS) is 8.81. The Morgan fingerprint density at radius 1 is 1.00 bits per heavy atom. The zero-order valence-electron chi connectivity index (χ0n) is 9.00. The molecule has 1 aromatic heterocycles. The van der Waals surface area contributed by atoms with Gasteiger partial charge in [0.15, 0.2) is 0 Å². The van der Waals surface area contributed by atoms with Gasteiger partial charge in [0.25, 0.3) is 5.97 Å². The minimum Gasteiger partial charge on any atom is -0.481 e. The summed E-state index contributed by atoms with van der Waals surface area (Å²) in [6, 6.07) is 14.3. The van der Waals surface area contributed by atoms with Gasteiger partial charge in [0.1, 0.15) is 0 Å². The summed E-state index contributed by atoms with van der Waals surface area (Å²) in [6.07, 6.45) is 3.62. The van der Waals surface area contributed by atoms with E-state index in [0.29, 0.717) is 0 Å². The Morgan fingerprint density at radius 2 is 1.44 bits per heavy atom. The molecule has 2 aromatic rings. The highest BCUT2D eigenvalue weighted by Gasteiger charge is 1.92. The van der Waals surface area contributed by atoms with Crippen molar-refractivity contribution in [1.82, 2.24) is 4.98 Å². The van der Waals surface area contributed by atoms with Gasteiger partial charge in [0, 0.05) is 19.3 Å². The number of carboxylic acid groups (broad SMARTS) is 1. The number of hydrogen-bond acceptors (Lipinski definition) is 2. The predicted molar refractivity (Wildman–Crippen MR) is 63.0 cm³/mol. The second-order valence-electron chi connectivity index (χ2n) is 3.12. The zero-order valence-corrected chi connectivity index (χ0v) is 9.00. The van der Waals surface area contributed by atoms with Crippen LogP contribution >= 0.6 is 0 Å². The standard InChI is InChI=1S/C11H9N.C2H4O2/c1-2-4-10(5-3-1)11-6-8-12-9-7-11;1-2(3)4/h1-9H;1H3,(H,3,4). The van der Waals surface area contributed by atoms with Crippen LogP contribution in [0.1, 0.15) is 6.92 Å². The largest absolute Gasteiger partial charge is 0.481 e. The predicted octanol–water partition coefficient (Wildman–Crippen LogP) is 2.84. The van der Waals surface area contributed by atoms with Crippen LogP contribution in [0, 0.1) is 0 Å². The van der Waals surface area contributed by atoms with Crippen molar-refractivity contribution in [2.75, 3.05) is 0 Å². The Bertz CT molecular complexity index is 385. The highest BCUT2D eigenvalue weighted by atomic mass is 16.4. The molecule has 0 aliphatic carbocycles. The van der Waals surface area contributed by atoms with Crippen molar-refractivity contribution >= 4 is 5.97 Å². The van der Waals surface area contributed by atoms with E-state index in [2.05, 4.69) is 17.1 Å². The first kappa shape index (κ1) is 11.9. The lowest BCUT2D eigenvalue weighted by molar-refractivity contribution is -0.134. The molecule has 1 heterocycles. The number of nitrogens with zero attached hydrogens (tertiary/aromatic N) is 1. The molecule has 0 radical (unpaired) electrons. The number of benzene rings is 1. The van der Waals surface area contributed by atoms with Crippen LogP contribution in [-0.2, 0) is 4.79 Å². The molecule has 0 saturated heterocycles. The van der Waals surface area contributed by atoms with Crippen LogP contribution < -0.4 is 0 Å². The van der Waals surface area contributed by atoms with Crippen molar-refractivity contribution in [2.24, 2.45) is 0 Å². The number of aliphatic carboxylic acids is 1. The third-order valence-corrected chi connectivity index (χ3v) is 1.79. The molecule has 0 unspecified atom stereocenters. The van der Waals surface area contributed by atoms with Crippen molar-refractivity contribution in [3.63, 3.8) is 0 Å². The van der Waals surface area contributed by atoms with E-state index in [-0.39, 0.29) is 0 Å². The smallest absolute Gasteiger partial charge is 0.300 e. The molecule has 16 heavy (non-hydrogen) atoms. The highest BCUT2D eigenvalue weighted by molar-refractivity contribution is 5.63. The molecule has 3 nitrogen and oxygen atoms in total. The highest BCUT2D eigenvalue weighted by Crippen LogP contribution is 2.16. The zero-order chi connectivity index (χ0) is 11.8. The summed E-state index contributed by atoms with van der Waals surface area (Å²) in [5.41, 5.74) is 2.45. The fraction of sp³-hybridized carbons (Fsp3) is 0.0769. The van der Waals surface area contributed by atoms with Crippen molar-refractivity contribution < 1.29 is 9.90 Å². The van der Waals surface area contributed by atoms with E-state index >= 15 is 0 Å². The van der Waals surface area contributed by atoms with Gasteiger partial charge in [-0.05, 0) is 23.3 Å². The van der Waals surface area contributed by atoms with E-state index in [1.165, 1.54) is 11.1 Å². The maximum Gasteiger partial charge on any atom is 0.300 e. The van der Waals surface area contributed by atoms with E-state index in [1.807, 2.05) is 42.7 Å². The lowest BCUT2D eigenvalue weighted by Crippen LogP contribution is -1.78. The van der Waals surface area contributed by atoms with Crippen LogP contribution in [0.5, 0.6) is 0 Å². The average Bonchev–Trinajstić information content (AvgIpc) is 2.31. The molecule has 0 atom stereocenters. The van der Waals surface area contributed by atoms with Gasteiger partial charge in [-0.2, -0.15) is 0 Å². The van der Waals surface area contributed by atoms with Crippen LogP contribution in [-0.4, -0.2) is 16.1 Å². The van der Waals surface area contributed by atoms with Gasteiger partial charge in [0.05, 0.1) is 0 Å². The molecule has 3 heteroatoms. The lowest BCUT2D eigenvalue weighted by atomic mass is 10.1. The van der Waals surface area contributed by atoms with Crippen LogP contribution in [0.15, 0.2) is 54.9 Å². The summed E-state index contributed by atoms with van der Waals surface area (Å²) in [6.45, 7) is 1.08. The maximum absolute atomic E-state index is 9.00. The van der Waals surface area contributed by atoms with E-state index < -0.39 is 5.97 Å². The molecule has 1 N–H and O–H groups in total. The summed E-state index contributed by atoms with van der Waals surface area (Å²) in [4.78, 5) is 13.0. The number of hydrogen-bond donors (Lipinski definition) is 1. The molecule has 0 aliphatic heterocycles. The molecule has 0 aliphatic rings. The quantitative estimate of drug-likeness (QED) is 0.795. The minimum absolute atomic E-state index is 0.833. The molecular formula is C13H13NO2. The van der Waals surface area contributed by atoms with Gasteiger partial charge >= 0.3 is 0 Å². The fourth-order valence-electron chi connectivity index (χ4n) is 1.17. The van der Waals surface area contributed by atoms with Crippen molar-refractivity contribution in [3.05, 3.63) is 54.9 Å². The molecular weight excluding hydrogens is 202 g/mol. The van der Waals surface area contributed by atoms with Gasteiger partial charge in [-0.3, -0.25) is 9.78 Å².